The van der Waals surface area contributed by atoms with Gasteiger partial charge in [0.15, 0.2) is 0 Å². The average molecular weight is 931 g/mol. The Hall–Kier alpha value is -3.06. The van der Waals surface area contributed by atoms with Crippen LogP contribution in [0.1, 0.15) is 44.5 Å². The summed E-state index contributed by atoms with van der Waals surface area (Å²) in [6, 6.07) is 17.6. The van der Waals surface area contributed by atoms with E-state index in [1.807, 2.05) is 26.0 Å². The summed E-state index contributed by atoms with van der Waals surface area (Å²) >= 11 is -1.65. The van der Waals surface area contributed by atoms with Crippen molar-refractivity contribution in [3.05, 3.63) is 129 Å². The minimum Gasteiger partial charge on any atom is -0.166 e. The predicted octanol–water partition coefficient (Wildman–Crippen LogP) is 15.9. The van der Waals surface area contributed by atoms with Gasteiger partial charge in [-0.3, -0.25) is 0 Å². The van der Waals surface area contributed by atoms with Crippen LogP contribution < -0.4 is 0 Å². The van der Waals surface area contributed by atoms with Gasteiger partial charge in [0.2, 0.25) is 0 Å². The Morgan fingerprint density at radius 2 is 0.732 bits per heavy atom. The van der Waals surface area contributed by atoms with Gasteiger partial charge in [-0.05, 0) is 61.4 Å². The monoisotopic (exact) mass is 928 g/mol. The Morgan fingerprint density at radius 1 is 0.464 bits per heavy atom. The number of aryl methyl sites for hydroxylation is 4. The van der Waals surface area contributed by atoms with Crippen LogP contribution in [0.3, 0.4) is 0 Å². The quantitative estimate of drug-likeness (QED) is 0.0922. The van der Waals surface area contributed by atoms with Crippen molar-refractivity contribution in [3.63, 3.8) is 0 Å². The van der Waals surface area contributed by atoms with Gasteiger partial charge in [-0.15, -0.1) is 69.1 Å². The van der Waals surface area contributed by atoms with E-state index >= 15 is 0 Å². The Bertz CT molecular complexity index is 2170. The molecule has 6 aromatic carbocycles. The largest absolute Gasteiger partial charge is 0.416 e. The van der Waals surface area contributed by atoms with E-state index in [2.05, 4.69) is 13.1 Å². The van der Waals surface area contributed by atoms with Crippen LogP contribution in [0, 0.1) is 27.7 Å². The number of benzene rings is 4. The fraction of sp³-hybridized carbons (Fsp3) is 0.250. The first-order chi connectivity index (χ1) is 25.6. The van der Waals surface area contributed by atoms with E-state index in [0.717, 1.165) is 46.2 Å². The molecule has 0 aliphatic rings. The molecule has 0 aromatic heterocycles. The number of fused-ring (bicyclic) bond motifs is 2. The first-order valence-electron chi connectivity index (χ1n) is 16.5. The molecule has 6 aromatic rings. The number of hydrogen-bond donors (Lipinski definition) is 0. The molecule has 16 heteroatoms. The number of rotatable bonds is 2. The van der Waals surface area contributed by atoms with Gasteiger partial charge in [-0.25, -0.2) is 0 Å². The molecule has 0 amide bonds. The first kappa shape index (κ1) is 45.6. The molecule has 6 rings (SSSR count). The molecule has 0 spiro atoms. The van der Waals surface area contributed by atoms with E-state index in [1.165, 1.54) is 0 Å². The summed E-state index contributed by atoms with van der Waals surface area (Å²) in [5, 5.41) is 2.85. The van der Waals surface area contributed by atoms with Crippen LogP contribution in [0.4, 0.5) is 52.7 Å². The minimum absolute atomic E-state index is 0.0872. The molecule has 0 atom stereocenters. The van der Waals surface area contributed by atoms with E-state index in [-0.39, 0.29) is 28.7 Å². The van der Waals surface area contributed by atoms with Crippen molar-refractivity contribution in [1.82, 2.24) is 0 Å². The Labute approximate surface area is 330 Å². The maximum absolute atomic E-state index is 13.1. The summed E-state index contributed by atoms with van der Waals surface area (Å²) in [5.41, 5.74) is -1.83. The molecule has 0 saturated heterocycles. The molecular weight excluding hydrogens is 899 g/mol. The van der Waals surface area contributed by atoms with Gasteiger partial charge in [-0.2, -0.15) is 64.8 Å². The summed E-state index contributed by atoms with van der Waals surface area (Å²) in [5.74, 6) is 0. The van der Waals surface area contributed by atoms with Crippen molar-refractivity contribution in [1.29, 1.82) is 0 Å². The molecule has 0 nitrogen and oxygen atoms in total. The zero-order valence-corrected chi connectivity index (χ0v) is 35.3. The second kappa shape index (κ2) is 17.0. The molecule has 0 bridgehead atoms. The van der Waals surface area contributed by atoms with E-state index in [4.69, 9.17) is 17.0 Å². The number of hydrogen-bond acceptors (Lipinski definition) is 0. The van der Waals surface area contributed by atoms with Gasteiger partial charge in [0.05, 0.1) is 22.3 Å². The van der Waals surface area contributed by atoms with Crippen molar-refractivity contribution < 1.29 is 70.7 Å². The molecule has 0 N–H and O–H groups in total. The van der Waals surface area contributed by atoms with Crippen LogP contribution in [0.2, 0.25) is 13.1 Å². The topological polar surface area (TPSA) is 0 Å². The van der Waals surface area contributed by atoms with Crippen LogP contribution in [0.15, 0.2) is 84.9 Å². The van der Waals surface area contributed by atoms with Crippen molar-refractivity contribution in [2.45, 2.75) is 65.5 Å². The van der Waals surface area contributed by atoms with Crippen LogP contribution in [0.25, 0.3) is 43.8 Å². The van der Waals surface area contributed by atoms with Gasteiger partial charge >= 0.3 is 78.2 Å². The third-order valence-corrected chi connectivity index (χ3v) is 28.4. The smallest absolute Gasteiger partial charge is 0.166 e. The van der Waals surface area contributed by atoms with Crippen LogP contribution in [-0.2, 0) is 42.7 Å². The van der Waals surface area contributed by atoms with Crippen molar-refractivity contribution in [2.24, 2.45) is 0 Å². The summed E-state index contributed by atoms with van der Waals surface area (Å²) in [4.78, 5) is 0. The molecule has 0 aliphatic heterocycles. The molecular formula is C40H32Cl2F12SiZr-2. The fourth-order valence-electron chi connectivity index (χ4n) is 6.05. The third-order valence-electron chi connectivity index (χ3n) is 8.62. The SMILES string of the molecule is C[Si](C)=[Zr]([Cl])[Cl].Cc1cc2c(-c3cc(C(F)(F)F)cc(C(F)(F)F)c3)c(C)ccc2[cH-]1.Cc1cc2c(-c3cc(C(F)(F)F)cc(C(F)(F)F)c3)c(C)ccc2[cH-]1. The van der Waals surface area contributed by atoms with E-state index < -0.39 is 64.9 Å². The average Bonchev–Trinajstić information content (AvgIpc) is 3.63. The van der Waals surface area contributed by atoms with E-state index in [1.54, 1.807) is 50.2 Å². The zero-order valence-electron chi connectivity index (χ0n) is 30.4. The van der Waals surface area contributed by atoms with Crippen LogP contribution in [-0.4, -0.2) is 5.43 Å². The van der Waals surface area contributed by atoms with Gasteiger partial charge < -0.3 is 0 Å². The Morgan fingerprint density at radius 3 is 0.964 bits per heavy atom. The van der Waals surface area contributed by atoms with Gasteiger partial charge in [-0.1, -0.05) is 36.1 Å². The summed E-state index contributed by atoms with van der Waals surface area (Å²) in [7, 11) is 11.2. The molecule has 0 saturated carbocycles. The number of alkyl halides is 12. The summed E-state index contributed by atoms with van der Waals surface area (Å²) in [6.07, 6.45) is -19.4. The van der Waals surface area contributed by atoms with Gasteiger partial charge in [0.25, 0.3) is 0 Å². The first-order valence-corrected chi connectivity index (χ1v) is 29.0. The van der Waals surface area contributed by atoms with Crippen molar-refractivity contribution in [2.75, 3.05) is 0 Å². The van der Waals surface area contributed by atoms with Crippen molar-refractivity contribution in [3.8, 4) is 22.3 Å². The van der Waals surface area contributed by atoms with Crippen LogP contribution in [0.5, 0.6) is 0 Å². The Kier molecular flexibility index (Phi) is 13.9. The molecule has 0 aliphatic carbocycles. The summed E-state index contributed by atoms with van der Waals surface area (Å²) in [6.45, 7) is 11.3. The normalized spacial score (nSPS) is 12.3. The molecule has 0 unspecified atom stereocenters. The molecule has 56 heavy (non-hydrogen) atoms. The number of halogens is 14. The predicted molar refractivity (Wildman–Crippen MR) is 198 cm³/mol. The van der Waals surface area contributed by atoms with Gasteiger partial charge in [0.1, 0.15) is 0 Å². The van der Waals surface area contributed by atoms with Crippen molar-refractivity contribution >= 4 is 44.0 Å². The molecule has 300 valence electrons. The maximum Gasteiger partial charge on any atom is 0.416 e. The van der Waals surface area contributed by atoms with Gasteiger partial charge in [0, 0.05) is 0 Å². The van der Waals surface area contributed by atoms with Crippen LogP contribution >= 0.6 is 17.0 Å². The zero-order chi connectivity index (χ0) is 42.3. The van der Waals surface area contributed by atoms with E-state index in [0.29, 0.717) is 33.0 Å². The second-order valence-electron chi connectivity index (χ2n) is 13.4. The Balaban J connectivity index is 0.000000217. The molecule has 0 heterocycles. The standard InChI is InChI=1S/2C19H13F6.C2H6Si.2ClH.Zr/c2*1-10-5-12-4-3-11(2)17(16(12)6-10)13-7-14(18(20,21)22)9-15(8-13)19(23,24)25;1-3-2;;;/h2*3-9H,1-2H3;1-2H3;2*1H;/q2*-1;;;;+2/p-2. The summed E-state index contributed by atoms with van der Waals surface area (Å²) < 4.78 is 157. The minimum atomic E-state index is -4.86. The maximum atomic E-state index is 13.1. The molecule has 0 fully saturated rings. The third kappa shape index (κ3) is 11.1. The second-order valence-corrected chi connectivity index (χ2v) is 36.4. The fourth-order valence-corrected chi connectivity index (χ4v) is 6.05. The molecule has 0 radical (unpaired) electrons. The van der Waals surface area contributed by atoms with E-state index in [9.17, 15) is 52.7 Å².